The highest BCUT2D eigenvalue weighted by molar-refractivity contribution is 7.84. The van der Waals surface area contributed by atoms with Crippen LogP contribution in [0.25, 0.3) is 11.1 Å². The van der Waals surface area contributed by atoms with Crippen LogP contribution in [0.3, 0.4) is 0 Å². The van der Waals surface area contributed by atoms with E-state index in [1.165, 1.54) is 46.1 Å². The van der Waals surface area contributed by atoms with E-state index < -0.39 is 11.0 Å². The highest BCUT2D eigenvalue weighted by atomic mass is 32.2. The molecular weight excluding hydrogens is 550 g/mol. The number of fused-ring (bicyclic) bond motifs is 6. The van der Waals surface area contributed by atoms with Crippen LogP contribution in [-0.4, -0.2) is 28.1 Å². The molecule has 0 aliphatic heterocycles. The van der Waals surface area contributed by atoms with Crippen LogP contribution in [0.1, 0.15) is 81.9 Å². The third-order valence-electron chi connectivity index (χ3n) is 10.6. The van der Waals surface area contributed by atoms with Gasteiger partial charge in [0.1, 0.15) is 0 Å². The van der Waals surface area contributed by atoms with Crippen molar-refractivity contribution in [1.29, 1.82) is 0 Å². The van der Waals surface area contributed by atoms with E-state index in [1.807, 2.05) is 20.8 Å². The van der Waals surface area contributed by atoms with Gasteiger partial charge in [0.2, 0.25) is 0 Å². The molecule has 2 spiro atoms. The van der Waals surface area contributed by atoms with E-state index in [1.54, 1.807) is 0 Å². The molecule has 0 saturated heterocycles. The lowest BCUT2D eigenvalue weighted by Crippen LogP contribution is -2.50. The summed E-state index contributed by atoms with van der Waals surface area (Å²) in [4.78, 5) is 13.4. The summed E-state index contributed by atoms with van der Waals surface area (Å²) >= 11 is 0. The molecule has 7 rings (SSSR count). The first-order valence-corrected chi connectivity index (χ1v) is 16.8. The Balaban J connectivity index is 1.46. The average molecular weight is 592 g/mol. The molecule has 0 heterocycles. The van der Waals surface area contributed by atoms with Crippen LogP contribution >= 0.6 is 0 Å². The summed E-state index contributed by atoms with van der Waals surface area (Å²) in [5.41, 5.74) is 9.68. The van der Waals surface area contributed by atoms with Crippen LogP contribution in [0.4, 0.5) is 0 Å². The smallest absolute Gasteiger partial charge is 0.333 e. The van der Waals surface area contributed by atoms with Gasteiger partial charge in [-0.2, -0.15) is 0 Å². The second-order valence-corrected chi connectivity index (χ2v) is 15.8. The van der Waals surface area contributed by atoms with Crippen LogP contribution in [0.15, 0.2) is 102 Å². The van der Waals surface area contributed by atoms with Gasteiger partial charge in [-0.15, -0.1) is 0 Å². The number of allylic oxidation sites excluding steroid dienone is 2. The second kappa shape index (κ2) is 10.4. The van der Waals surface area contributed by atoms with Crippen molar-refractivity contribution in [2.24, 2.45) is 5.41 Å². The first-order chi connectivity index (χ1) is 20.7. The summed E-state index contributed by atoms with van der Waals surface area (Å²) in [5.74, 6) is -0.298. The van der Waals surface area contributed by atoms with Crippen LogP contribution < -0.4 is 4.72 Å². The molecule has 3 aromatic rings. The SMILES string of the molecule is COC(=O)C1=C[C@@H](c2ccccc2)[C@@]2(CCC[C@@H]2NS(=O)C(C)(C)C)C2=C(C1)CC1(C2)c2ccccc2-c2ccccc21. The Morgan fingerprint density at radius 1 is 0.907 bits per heavy atom. The molecule has 4 atom stereocenters. The van der Waals surface area contributed by atoms with Crippen LogP contribution in [0.2, 0.25) is 0 Å². The number of carbonyl (C=O) groups excluding carboxylic acids is 1. The average Bonchev–Trinajstić information content (AvgIpc) is 3.66. The monoisotopic (exact) mass is 591 g/mol. The molecule has 1 saturated carbocycles. The molecule has 4 aliphatic carbocycles. The predicted octanol–water partition coefficient (Wildman–Crippen LogP) is 7.92. The van der Waals surface area contributed by atoms with Crippen molar-refractivity contribution in [2.45, 2.75) is 81.4 Å². The molecule has 1 fully saturated rings. The van der Waals surface area contributed by atoms with E-state index in [4.69, 9.17) is 4.74 Å². The fraction of sp³-hybridized carbons (Fsp3) is 0.395. The Morgan fingerprint density at radius 3 is 2.16 bits per heavy atom. The zero-order valence-corrected chi connectivity index (χ0v) is 26.4. The molecule has 222 valence electrons. The number of ether oxygens (including phenoxy) is 1. The highest BCUT2D eigenvalue weighted by Gasteiger charge is 2.59. The number of methoxy groups -OCH3 is 1. The van der Waals surface area contributed by atoms with Crippen molar-refractivity contribution in [3.05, 3.63) is 118 Å². The van der Waals surface area contributed by atoms with Crippen molar-refractivity contribution >= 4 is 17.0 Å². The number of benzene rings is 3. The molecule has 4 nitrogen and oxygen atoms in total. The van der Waals surface area contributed by atoms with Gasteiger partial charge in [-0.25, -0.2) is 13.7 Å². The number of hydrogen-bond donors (Lipinski definition) is 1. The van der Waals surface area contributed by atoms with E-state index in [0.29, 0.717) is 6.42 Å². The van der Waals surface area contributed by atoms with Crippen LogP contribution in [0, 0.1) is 5.41 Å². The van der Waals surface area contributed by atoms with Gasteiger partial charge in [0, 0.05) is 34.8 Å². The zero-order chi connectivity index (χ0) is 30.0. The molecule has 0 bridgehead atoms. The zero-order valence-electron chi connectivity index (χ0n) is 25.6. The summed E-state index contributed by atoms with van der Waals surface area (Å²) in [6.07, 6.45) is 7.56. The molecule has 0 aromatic heterocycles. The van der Waals surface area contributed by atoms with Crippen LogP contribution in [-0.2, 0) is 25.9 Å². The molecule has 43 heavy (non-hydrogen) atoms. The normalized spacial score (nSPS) is 26.1. The van der Waals surface area contributed by atoms with Crippen molar-refractivity contribution in [2.75, 3.05) is 7.11 Å². The fourth-order valence-corrected chi connectivity index (χ4v) is 9.75. The van der Waals surface area contributed by atoms with Gasteiger partial charge in [0.25, 0.3) is 0 Å². The third kappa shape index (κ3) is 4.34. The molecular formula is C38H41NO3S. The van der Waals surface area contributed by atoms with E-state index in [-0.39, 0.29) is 33.5 Å². The Morgan fingerprint density at radius 2 is 1.53 bits per heavy atom. The molecule has 3 aromatic carbocycles. The minimum absolute atomic E-state index is 0.0121. The first-order valence-electron chi connectivity index (χ1n) is 15.6. The van der Waals surface area contributed by atoms with Gasteiger partial charge >= 0.3 is 5.97 Å². The second-order valence-electron chi connectivity index (χ2n) is 13.8. The molecule has 5 heteroatoms. The van der Waals surface area contributed by atoms with E-state index in [9.17, 15) is 9.00 Å². The topological polar surface area (TPSA) is 55.4 Å². The van der Waals surface area contributed by atoms with E-state index >= 15 is 0 Å². The highest BCUT2D eigenvalue weighted by Crippen LogP contribution is 2.67. The lowest BCUT2D eigenvalue weighted by molar-refractivity contribution is -0.136. The maximum atomic E-state index is 13.8. The quantitative estimate of drug-likeness (QED) is 0.248. The molecule has 0 radical (unpaired) electrons. The molecule has 1 N–H and O–H groups in total. The Kier molecular flexibility index (Phi) is 6.90. The lowest BCUT2D eigenvalue weighted by atomic mass is 9.62. The van der Waals surface area contributed by atoms with Gasteiger partial charge in [0.15, 0.2) is 0 Å². The fourth-order valence-electron chi connectivity index (χ4n) is 8.81. The Bertz CT molecular complexity index is 1630. The minimum atomic E-state index is -1.23. The van der Waals surface area contributed by atoms with Gasteiger partial charge in [-0.1, -0.05) is 103 Å². The standard InChI is InChI=1S/C38H41NO3S/c1-36(2,3)43(41)39-34-19-12-20-38(34)32(25-13-6-5-7-14-25)22-26(35(40)42-4)21-27-23-37(24-33(27)38)30-17-10-8-15-28(30)29-16-9-11-18-31(29)37/h5-11,13-18,22,32,34,39H,12,19-21,23-24H2,1-4H3/t32-,34-,38-,43?/m0/s1. The van der Waals surface area contributed by atoms with Crippen molar-refractivity contribution in [1.82, 2.24) is 4.72 Å². The maximum Gasteiger partial charge on any atom is 0.333 e. The minimum Gasteiger partial charge on any atom is -0.466 e. The van der Waals surface area contributed by atoms with Gasteiger partial charge in [-0.3, -0.25) is 0 Å². The number of esters is 1. The Labute approximate surface area is 258 Å². The summed E-state index contributed by atoms with van der Waals surface area (Å²) < 4.78 is 22.5. The predicted molar refractivity (Wildman–Crippen MR) is 174 cm³/mol. The van der Waals surface area contributed by atoms with Crippen molar-refractivity contribution < 1.29 is 13.7 Å². The molecule has 0 amide bonds. The molecule has 4 aliphatic rings. The van der Waals surface area contributed by atoms with Gasteiger partial charge < -0.3 is 4.74 Å². The lowest BCUT2D eigenvalue weighted by Gasteiger charge is -2.45. The number of rotatable bonds is 4. The maximum absolute atomic E-state index is 13.8. The summed E-state index contributed by atoms with van der Waals surface area (Å²) in [5, 5.41) is 0. The van der Waals surface area contributed by atoms with E-state index in [2.05, 4.69) is 89.7 Å². The largest absolute Gasteiger partial charge is 0.466 e. The summed E-state index contributed by atoms with van der Waals surface area (Å²) in [6.45, 7) is 6.11. The van der Waals surface area contributed by atoms with Gasteiger partial charge in [0.05, 0.1) is 22.8 Å². The number of carbonyl (C=O) groups is 1. The third-order valence-corrected chi connectivity index (χ3v) is 12.2. The number of hydrogen-bond acceptors (Lipinski definition) is 3. The Hall–Kier alpha value is -3.28. The first kappa shape index (κ1) is 28.5. The van der Waals surface area contributed by atoms with Crippen molar-refractivity contribution in [3.63, 3.8) is 0 Å². The van der Waals surface area contributed by atoms with E-state index in [0.717, 1.165) is 37.7 Å². The van der Waals surface area contributed by atoms with Crippen LogP contribution in [0.5, 0.6) is 0 Å². The number of nitrogens with one attached hydrogen (secondary N) is 1. The summed E-state index contributed by atoms with van der Waals surface area (Å²) in [7, 11) is 0.262. The summed E-state index contributed by atoms with van der Waals surface area (Å²) in [6, 6.07) is 28.5. The van der Waals surface area contributed by atoms with Gasteiger partial charge in [-0.05, 0) is 74.3 Å². The van der Waals surface area contributed by atoms with Crippen molar-refractivity contribution in [3.8, 4) is 11.1 Å². The molecule has 1 unspecified atom stereocenters.